The van der Waals surface area contributed by atoms with Gasteiger partial charge in [0, 0.05) is 18.5 Å². The number of nitrogens with two attached hydrogens (primary N) is 1. The maximum Gasteiger partial charge on any atom is 0.185 e. The summed E-state index contributed by atoms with van der Waals surface area (Å²) in [6, 6.07) is 0. The predicted octanol–water partition coefficient (Wildman–Crippen LogP) is 2.27. The Morgan fingerprint density at radius 2 is 2.50 bits per heavy atom. The maximum atomic E-state index is 5.64. The zero-order valence-electron chi connectivity index (χ0n) is 9.98. The van der Waals surface area contributed by atoms with E-state index in [9.17, 15) is 0 Å². The van der Waals surface area contributed by atoms with Crippen LogP contribution in [0.1, 0.15) is 31.9 Å². The van der Waals surface area contributed by atoms with Crippen molar-refractivity contribution in [2.45, 2.75) is 32.6 Å². The van der Waals surface area contributed by atoms with Crippen molar-refractivity contribution < 1.29 is 0 Å². The molecular weight excluding hydrogens is 218 g/mol. The van der Waals surface area contributed by atoms with E-state index >= 15 is 0 Å². The zero-order valence-corrected chi connectivity index (χ0v) is 10.8. The summed E-state index contributed by atoms with van der Waals surface area (Å²) >= 11 is 1.78. The number of aryl methyl sites for hydroxylation is 1. The van der Waals surface area contributed by atoms with Crippen molar-refractivity contribution in [3.8, 4) is 0 Å². The molecule has 1 aromatic rings. The maximum absolute atomic E-state index is 5.64. The van der Waals surface area contributed by atoms with Crippen LogP contribution in [0.25, 0.3) is 0 Å². The molecule has 4 heteroatoms. The Hall–Kier alpha value is -0.610. The van der Waals surface area contributed by atoms with Gasteiger partial charge in [0.05, 0.1) is 5.69 Å². The molecule has 1 aliphatic heterocycles. The molecule has 1 saturated heterocycles. The van der Waals surface area contributed by atoms with E-state index in [1.165, 1.54) is 23.7 Å². The fourth-order valence-electron chi connectivity index (χ4n) is 2.31. The number of thiazole rings is 1. The molecule has 2 rings (SSSR count). The van der Waals surface area contributed by atoms with E-state index in [2.05, 4.69) is 22.2 Å². The van der Waals surface area contributed by atoms with Gasteiger partial charge in [0.15, 0.2) is 5.13 Å². The number of hydrogen-bond acceptors (Lipinski definition) is 4. The Balaban J connectivity index is 1.98. The lowest BCUT2D eigenvalue weighted by atomic mass is 9.95. The third-order valence-corrected chi connectivity index (χ3v) is 4.22. The van der Waals surface area contributed by atoms with E-state index in [4.69, 9.17) is 5.73 Å². The summed E-state index contributed by atoms with van der Waals surface area (Å²) in [6.07, 6.45) is 4.81. The van der Waals surface area contributed by atoms with Crippen LogP contribution in [-0.4, -0.2) is 24.6 Å². The standard InChI is InChI=1S/C12H21N3S/c1-2-11-9-16-12(14-11)15-7-3-4-10(8-15)5-6-13/h9-10H,2-8,13H2,1H3. The third kappa shape index (κ3) is 2.74. The molecule has 0 saturated carbocycles. The molecule has 1 aliphatic rings. The highest BCUT2D eigenvalue weighted by molar-refractivity contribution is 7.13. The van der Waals surface area contributed by atoms with Crippen molar-refractivity contribution in [1.29, 1.82) is 0 Å². The monoisotopic (exact) mass is 239 g/mol. The summed E-state index contributed by atoms with van der Waals surface area (Å²) < 4.78 is 0. The molecule has 0 spiro atoms. The fraction of sp³-hybridized carbons (Fsp3) is 0.750. The zero-order chi connectivity index (χ0) is 11.4. The Morgan fingerprint density at radius 3 is 3.19 bits per heavy atom. The number of aromatic nitrogens is 1. The van der Waals surface area contributed by atoms with Crippen molar-refractivity contribution in [2.24, 2.45) is 11.7 Å². The number of anilines is 1. The first-order chi connectivity index (χ1) is 7.83. The lowest BCUT2D eigenvalue weighted by molar-refractivity contribution is 0.395. The molecule has 0 radical (unpaired) electrons. The second-order valence-corrected chi connectivity index (χ2v) is 5.34. The van der Waals surface area contributed by atoms with Gasteiger partial charge in [-0.25, -0.2) is 4.98 Å². The molecule has 0 amide bonds. The number of hydrogen-bond donors (Lipinski definition) is 1. The van der Waals surface area contributed by atoms with Gasteiger partial charge < -0.3 is 10.6 Å². The van der Waals surface area contributed by atoms with E-state index in [1.807, 2.05) is 0 Å². The van der Waals surface area contributed by atoms with Crippen LogP contribution < -0.4 is 10.6 Å². The van der Waals surface area contributed by atoms with Crippen LogP contribution in [0, 0.1) is 5.92 Å². The summed E-state index contributed by atoms with van der Waals surface area (Å²) in [5, 5.41) is 3.39. The largest absolute Gasteiger partial charge is 0.348 e. The summed E-state index contributed by atoms with van der Waals surface area (Å²) in [5.41, 5.74) is 6.86. The van der Waals surface area contributed by atoms with Crippen LogP contribution in [0.15, 0.2) is 5.38 Å². The van der Waals surface area contributed by atoms with Gasteiger partial charge in [0.1, 0.15) is 0 Å². The van der Waals surface area contributed by atoms with Crippen molar-refractivity contribution in [1.82, 2.24) is 4.98 Å². The van der Waals surface area contributed by atoms with E-state index in [-0.39, 0.29) is 0 Å². The highest BCUT2D eigenvalue weighted by atomic mass is 32.1. The number of rotatable bonds is 4. The smallest absolute Gasteiger partial charge is 0.185 e. The van der Waals surface area contributed by atoms with E-state index in [0.717, 1.165) is 38.4 Å². The summed E-state index contributed by atoms with van der Waals surface area (Å²) in [4.78, 5) is 7.10. The Bertz CT molecular complexity index is 322. The average Bonchev–Trinajstić information content (AvgIpc) is 2.78. The molecule has 1 fully saturated rings. The highest BCUT2D eigenvalue weighted by Crippen LogP contribution is 2.27. The quantitative estimate of drug-likeness (QED) is 0.876. The Labute approximate surface area is 102 Å². The lowest BCUT2D eigenvalue weighted by Gasteiger charge is -2.32. The van der Waals surface area contributed by atoms with Gasteiger partial charge in [-0.1, -0.05) is 6.92 Å². The summed E-state index contributed by atoms with van der Waals surface area (Å²) in [6.45, 7) is 5.29. The molecular formula is C12H21N3S. The predicted molar refractivity (Wildman–Crippen MR) is 70.1 cm³/mol. The topological polar surface area (TPSA) is 42.1 Å². The second-order valence-electron chi connectivity index (χ2n) is 4.51. The lowest BCUT2D eigenvalue weighted by Crippen LogP contribution is -2.36. The molecule has 3 nitrogen and oxygen atoms in total. The van der Waals surface area contributed by atoms with Crippen LogP contribution in [0.5, 0.6) is 0 Å². The minimum Gasteiger partial charge on any atom is -0.348 e. The molecule has 0 aromatic carbocycles. The molecule has 1 aromatic heterocycles. The van der Waals surface area contributed by atoms with E-state index in [0.29, 0.717) is 0 Å². The van der Waals surface area contributed by atoms with Crippen LogP contribution in [-0.2, 0) is 6.42 Å². The molecule has 2 N–H and O–H groups in total. The molecule has 1 atom stereocenters. The van der Waals surface area contributed by atoms with E-state index < -0.39 is 0 Å². The molecule has 0 aliphatic carbocycles. The van der Waals surface area contributed by atoms with Crippen molar-refractivity contribution in [3.63, 3.8) is 0 Å². The van der Waals surface area contributed by atoms with Crippen molar-refractivity contribution in [2.75, 3.05) is 24.5 Å². The first kappa shape index (κ1) is 11.9. The van der Waals surface area contributed by atoms with Crippen molar-refractivity contribution >= 4 is 16.5 Å². The van der Waals surface area contributed by atoms with E-state index in [1.54, 1.807) is 11.3 Å². The average molecular weight is 239 g/mol. The summed E-state index contributed by atoms with van der Waals surface area (Å²) in [7, 11) is 0. The van der Waals surface area contributed by atoms with Gasteiger partial charge in [0.2, 0.25) is 0 Å². The van der Waals surface area contributed by atoms with Gasteiger partial charge in [-0.15, -0.1) is 11.3 Å². The normalized spacial score (nSPS) is 21.4. The van der Waals surface area contributed by atoms with Crippen molar-refractivity contribution in [3.05, 3.63) is 11.1 Å². The van der Waals surface area contributed by atoms with Crippen LogP contribution in [0.2, 0.25) is 0 Å². The van der Waals surface area contributed by atoms with Gasteiger partial charge in [-0.05, 0) is 38.1 Å². The van der Waals surface area contributed by atoms with Crippen LogP contribution in [0.4, 0.5) is 5.13 Å². The molecule has 90 valence electrons. The first-order valence-corrected chi connectivity index (χ1v) is 7.11. The highest BCUT2D eigenvalue weighted by Gasteiger charge is 2.21. The molecule has 16 heavy (non-hydrogen) atoms. The fourth-order valence-corrected chi connectivity index (χ4v) is 3.26. The minimum atomic E-state index is 0.771. The number of piperidine rings is 1. The molecule has 1 unspecified atom stereocenters. The third-order valence-electron chi connectivity index (χ3n) is 3.27. The Kier molecular flexibility index (Phi) is 4.18. The minimum absolute atomic E-state index is 0.771. The van der Waals surface area contributed by atoms with Crippen LogP contribution >= 0.6 is 11.3 Å². The Morgan fingerprint density at radius 1 is 1.62 bits per heavy atom. The first-order valence-electron chi connectivity index (χ1n) is 6.23. The van der Waals surface area contributed by atoms with Gasteiger partial charge in [-0.3, -0.25) is 0 Å². The summed E-state index contributed by atoms with van der Waals surface area (Å²) in [5.74, 6) is 0.771. The molecule has 0 bridgehead atoms. The van der Waals surface area contributed by atoms with Gasteiger partial charge in [0.25, 0.3) is 0 Å². The van der Waals surface area contributed by atoms with Gasteiger partial charge in [-0.2, -0.15) is 0 Å². The SMILES string of the molecule is CCc1csc(N2CCCC(CCN)C2)n1. The second kappa shape index (κ2) is 5.64. The van der Waals surface area contributed by atoms with Gasteiger partial charge >= 0.3 is 0 Å². The number of nitrogens with zero attached hydrogens (tertiary/aromatic N) is 2. The molecule has 2 heterocycles. The van der Waals surface area contributed by atoms with Crippen LogP contribution in [0.3, 0.4) is 0 Å².